The fourth-order valence-corrected chi connectivity index (χ4v) is 2.74. The summed E-state index contributed by atoms with van der Waals surface area (Å²) in [5, 5.41) is 3.63. The van der Waals surface area contributed by atoms with E-state index in [1.165, 1.54) is 37.8 Å². The summed E-state index contributed by atoms with van der Waals surface area (Å²) in [4.78, 5) is 0. The molecule has 0 saturated heterocycles. The lowest BCUT2D eigenvalue weighted by molar-refractivity contribution is 0.291. The van der Waals surface area contributed by atoms with E-state index < -0.39 is 0 Å². The molecule has 1 aromatic rings. The Labute approximate surface area is 114 Å². The van der Waals surface area contributed by atoms with Crippen LogP contribution in [0.1, 0.15) is 31.2 Å². The number of aryl methyl sites for hydroxylation is 1. The molecule has 2 aliphatic rings. The Balaban J connectivity index is 1.43. The standard InChI is InChI=1S/C16H22FNO/c1-11-2-7-14(17)10-15(11)19-9-8-18-16(12-3-4-12)13-5-6-13/h2,7,10,12-13,16,18H,3-6,8-9H2,1H3. The molecule has 0 aliphatic heterocycles. The van der Waals surface area contributed by atoms with Crippen molar-refractivity contribution in [1.82, 2.24) is 5.32 Å². The Morgan fingerprint density at radius 1 is 1.26 bits per heavy atom. The van der Waals surface area contributed by atoms with Gasteiger partial charge in [-0.1, -0.05) is 6.07 Å². The SMILES string of the molecule is Cc1ccc(F)cc1OCCNC(C1CC1)C1CC1. The molecular formula is C16H22FNO. The normalized spacial score (nSPS) is 18.9. The van der Waals surface area contributed by atoms with Crippen LogP contribution in [0.4, 0.5) is 4.39 Å². The molecule has 0 atom stereocenters. The third-order valence-corrected chi connectivity index (χ3v) is 4.15. The Morgan fingerprint density at radius 2 is 1.95 bits per heavy atom. The molecule has 2 saturated carbocycles. The van der Waals surface area contributed by atoms with Crippen LogP contribution >= 0.6 is 0 Å². The molecule has 1 aromatic carbocycles. The van der Waals surface area contributed by atoms with Crippen molar-refractivity contribution in [2.24, 2.45) is 11.8 Å². The van der Waals surface area contributed by atoms with Crippen molar-refractivity contribution in [3.05, 3.63) is 29.6 Å². The highest BCUT2D eigenvalue weighted by Crippen LogP contribution is 2.44. The molecule has 19 heavy (non-hydrogen) atoms. The predicted molar refractivity (Wildman–Crippen MR) is 73.9 cm³/mol. The number of benzene rings is 1. The molecule has 0 amide bonds. The summed E-state index contributed by atoms with van der Waals surface area (Å²) in [6, 6.07) is 5.40. The number of hydrogen-bond donors (Lipinski definition) is 1. The van der Waals surface area contributed by atoms with Crippen molar-refractivity contribution < 1.29 is 9.13 Å². The van der Waals surface area contributed by atoms with Gasteiger partial charge in [0.15, 0.2) is 0 Å². The first-order chi connectivity index (χ1) is 9.24. The molecule has 0 bridgehead atoms. The van der Waals surface area contributed by atoms with Gasteiger partial charge in [0.2, 0.25) is 0 Å². The van der Waals surface area contributed by atoms with Crippen molar-refractivity contribution in [1.29, 1.82) is 0 Å². The average molecular weight is 263 g/mol. The minimum atomic E-state index is -0.234. The van der Waals surface area contributed by atoms with Gasteiger partial charge in [0.05, 0.1) is 0 Å². The Morgan fingerprint density at radius 3 is 2.58 bits per heavy atom. The monoisotopic (exact) mass is 263 g/mol. The highest BCUT2D eigenvalue weighted by atomic mass is 19.1. The van der Waals surface area contributed by atoms with Crippen LogP contribution in [-0.4, -0.2) is 19.2 Å². The van der Waals surface area contributed by atoms with Crippen molar-refractivity contribution in [2.75, 3.05) is 13.2 Å². The Kier molecular flexibility index (Phi) is 3.74. The molecule has 0 radical (unpaired) electrons. The third-order valence-electron chi connectivity index (χ3n) is 4.15. The van der Waals surface area contributed by atoms with Gasteiger partial charge in [0, 0.05) is 18.7 Å². The van der Waals surface area contributed by atoms with Gasteiger partial charge in [0.25, 0.3) is 0 Å². The van der Waals surface area contributed by atoms with Gasteiger partial charge in [-0.3, -0.25) is 0 Å². The van der Waals surface area contributed by atoms with E-state index >= 15 is 0 Å². The number of halogens is 1. The lowest BCUT2D eigenvalue weighted by atomic mass is 10.1. The third kappa shape index (κ3) is 3.47. The number of nitrogens with one attached hydrogen (secondary N) is 1. The van der Waals surface area contributed by atoms with Gasteiger partial charge in [-0.05, 0) is 56.1 Å². The van der Waals surface area contributed by atoms with Crippen molar-refractivity contribution in [3.8, 4) is 5.75 Å². The second kappa shape index (κ2) is 5.49. The number of ether oxygens (including phenoxy) is 1. The summed E-state index contributed by atoms with van der Waals surface area (Å²) in [5.41, 5.74) is 0.988. The summed E-state index contributed by atoms with van der Waals surface area (Å²) in [6.45, 7) is 3.41. The molecule has 0 spiro atoms. The quantitative estimate of drug-likeness (QED) is 0.762. The summed E-state index contributed by atoms with van der Waals surface area (Å²) >= 11 is 0. The van der Waals surface area contributed by atoms with Crippen LogP contribution in [0.3, 0.4) is 0 Å². The molecule has 3 rings (SSSR count). The maximum absolute atomic E-state index is 13.1. The summed E-state index contributed by atoms with van der Waals surface area (Å²) < 4.78 is 18.8. The maximum Gasteiger partial charge on any atom is 0.126 e. The fourth-order valence-electron chi connectivity index (χ4n) is 2.74. The molecule has 0 aromatic heterocycles. The summed E-state index contributed by atoms with van der Waals surface area (Å²) in [7, 11) is 0. The van der Waals surface area contributed by atoms with Gasteiger partial charge in [-0.25, -0.2) is 4.39 Å². The minimum absolute atomic E-state index is 0.234. The first-order valence-corrected chi connectivity index (χ1v) is 7.36. The van der Waals surface area contributed by atoms with Crippen molar-refractivity contribution >= 4 is 0 Å². The van der Waals surface area contributed by atoms with E-state index in [2.05, 4.69) is 5.32 Å². The maximum atomic E-state index is 13.1. The molecule has 104 valence electrons. The number of rotatable bonds is 7. The van der Waals surface area contributed by atoms with Crippen LogP contribution in [0.5, 0.6) is 5.75 Å². The topological polar surface area (TPSA) is 21.3 Å². The first kappa shape index (κ1) is 12.9. The van der Waals surface area contributed by atoms with Crippen molar-refractivity contribution in [2.45, 2.75) is 38.6 Å². The van der Waals surface area contributed by atoms with E-state index in [-0.39, 0.29) is 5.82 Å². The van der Waals surface area contributed by atoms with Crippen LogP contribution in [0.25, 0.3) is 0 Å². The molecular weight excluding hydrogens is 241 g/mol. The lowest BCUT2D eigenvalue weighted by Gasteiger charge is -2.18. The van der Waals surface area contributed by atoms with E-state index in [1.54, 1.807) is 6.07 Å². The van der Waals surface area contributed by atoms with Gasteiger partial charge in [0.1, 0.15) is 18.2 Å². The van der Waals surface area contributed by atoms with E-state index in [0.29, 0.717) is 18.4 Å². The van der Waals surface area contributed by atoms with E-state index in [9.17, 15) is 4.39 Å². The van der Waals surface area contributed by atoms with Crippen LogP contribution in [0.15, 0.2) is 18.2 Å². The summed E-state index contributed by atoms with van der Waals surface area (Å²) in [5.74, 6) is 2.24. The van der Waals surface area contributed by atoms with Gasteiger partial charge >= 0.3 is 0 Å². The highest BCUT2D eigenvalue weighted by Gasteiger charge is 2.40. The fraction of sp³-hybridized carbons (Fsp3) is 0.625. The zero-order valence-electron chi connectivity index (χ0n) is 11.5. The molecule has 2 nitrogen and oxygen atoms in total. The Bertz CT molecular complexity index is 428. The first-order valence-electron chi connectivity index (χ1n) is 7.36. The number of hydrogen-bond acceptors (Lipinski definition) is 2. The molecule has 0 heterocycles. The molecule has 2 aliphatic carbocycles. The second-order valence-electron chi connectivity index (χ2n) is 5.91. The second-order valence-corrected chi connectivity index (χ2v) is 5.91. The minimum Gasteiger partial charge on any atom is -0.492 e. The van der Waals surface area contributed by atoms with Crippen LogP contribution in [0.2, 0.25) is 0 Å². The molecule has 0 unspecified atom stereocenters. The van der Waals surface area contributed by atoms with Crippen molar-refractivity contribution in [3.63, 3.8) is 0 Å². The van der Waals surface area contributed by atoms with E-state index in [4.69, 9.17) is 4.74 Å². The van der Waals surface area contributed by atoms with Gasteiger partial charge in [-0.15, -0.1) is 0 Å². The van der Waals surface area contributed by atoms with E-state index in [1.807, 2.05) is 6.92 Å². The largest absolute Gasteiger partial charge is 0.492 e. The van der Waals surface area contributed by atoms with Crippen LogP contribution in [-0.2, 0) is 0 Å². The average Bonchev–Trinajstić information content (AvgIpc) is 3.26. The lowest BCUT2D eigenvalue weighted by Crippen LogP contribution is -2.36. The van der Waals surface area contributed by atoms with Gasteiger partial charge < -0.3 is 10.1 Å². The smallest absolute Gasteiger partial charge is 0.126 e. The highest BCUT2D eigenvalue weighted by molar-refractivity contribution is 5.32. The van der Waals surface area contributed by atoms with Gasteiger partial charge in [-0.2, -0.15) is 0 Å². The zero-order valence-corrected chi connectivity index (χ0v) is 11.5. The zero-order chi connectivity index (χ0) is 13.2. The molecule has 1 N–H and O–H groups in total. The van der Waals surface area contributed by atoms with E-state index in [0.717, 1.165) is 23.9 Å². The predicted octanol–water partition coefficient (Wildman–Crippen LogP) is 3.29. The molecule has 2 fully saturated rings. The summed E-state index contributed by atoms with van der Waals surface area (Å²) in [6.07, 6.45) is 5.55. The molecule has 3 heteroatoms. The van der Waals surface area contributed by atoms with Crippen LogP contribution < -0.4 is 10.1 Å². The van der Waals surface area contributed by atoms with Crippen LogP contribution in [0, 0.1) is 24.6 Å². The Hall–Kier alpha value is -1.09.